The summed E-state index contributed by atoms with van der Waals surface area (Å²) >= 11 is 15.4. The zero-order valence-electron chi connectivity index (χ0n) is 11.8. The Morgan fingerprint density at radius 2 is 1.91 bits per heavy atom. The first-order valence-electron chi connectivity index (χ1n) is 6.80. The highest BCUT2D eigenvalue weighted by Crippen LogP contribution is 2.23. The molecule has 0 amide bonds. The first kappa shape index (κ1) is 16.2. The van der Waals surface area contributed by atoms with E-state index in [4.69, 9.17) is 27.6 Å². The minimum atomic E-state index is 0.431. The van der Waals surface area contributed by atoms with Crippen molar-refractivity contribution in [3.05, 3.63) is 79.9 Å². The highest BCUT2D eigenvalue weighted by atomic mass is 79.9. The van der Waals surface area contributed by atoms with Gasteiger partial charge in [-0.1, -0.05) is 57.3 Å². The molecule has 0 bridgehead atoms. The molecule has 6 heteroatoms. The van der Waals surface area contributed by atoms with E-state index in [-0.39, 0.29) is 0 Å². The van der Waals surface area contributed by atoms with Gasteiger partial charge in [-0.05, 0) is 41.5 Å². The summed E-state index contributed by atoms with van der Waals surface area (Å²) in [5, 5.41) is 9.24. The molecule has 0 atom stereocenters. The molecule has 0 N–H and O–H groups in total. The largest absolute Gasteiger partial charge is 0.421 e. The van der Waals surface area contributed by atoms with Gasteiger partial charge in [-0.15, -0.1) is 10.2 Å². The van der Waals surface area contributed by atoms with E-state index in [1.807, 2.05) is 36.4 Å². The van der Waals surface area contributed by atoms with Crippen molar-refractivity contribution in [1.82, 2.24) is 10.2 Å². The lowest BCUT2D eigenvalue weighted by atomic mass is 10.1. The number of rotatable bonds is 4. The first-order valence-corrected chi connectivity index (χ1v) is 8.35. The first-order chi connectivity index (χ1) is 11.1. The summed E-state index contributed by atoms with van der Waals surface area (Å²) in [5.74, 6) is 0.992. The van der Waals surface area contributed by atoms with Crippen molar-refractivity contribution in [1.29, 1.82) is 0 Å². The van der Waals surface area contributed by atoms with Crippen LogP contribution in [0.4, 0.5) is 0 Å². The molecule has 116 valence electrons. The van der Waals surface area contributed by atoms with Crippen LogP contribution in [0.3, 0.4) is 0 Å². The molecule has 0 radical (unpaired) electrons. The quantitative estimate of drug-likeness (QED) is 0.538. The van der Waals surface area contributed by atoms with Gasteiger partial charge >= 0.3 is 0 Å². The molecule has 0 unspecified atom stereocenters. The van der Waals surface area contributed by atoms with Crippen LogP contribution in [0.5, 0.6) is 0 Å². The molecular weight excluding hydrogens is 399 g/mol. The van der Waals surface area contributed by atoms with Crippen LogP contribution in [-0.4, -0.2) is 10.2 Å². The van der Waals surface area contributed by atoms with Gasteiger partial charge in [0, 0.05) is 20.6 Å². The van der Waals surface area contributed by atoms with E-state index in [9.17, 15) is 0 Å². The molecule has 1 aromatic heterocycles. The van der Waals surface area contributed by atoms with Crippen LogP contribution < -0.4 is 0 Å². The van der Waals surface area contributed by atoms with Gasteiger partial charge in [-0.3, -0.25) is 0 Å². The molecule has 3 rings (SSSR count). The number of hydrogen-bond donors (Lipinski definition) is 0. The normalized spacial score (nSPS) is 11.3. The maximum atomic E-state index is 6.12. The molecule has 23 heavy (non-hydrogen) atoms. The van der Waals surface area contributed by atoms with Gasteiger partial charge in [-0.2, -0.15) is 0 Å². The second kappa shape index (κ2) is 7.30. The second-order valence-electron chi connectivity index (χ2n) is 4.84. The Morgan fingerprint density at radius 1 is 1.04 bits per heavy atom. The number of benzene rings is 2. The van der Waals surface area contributed by atoms with Gasteiger partial charge < -0.3 is 4.42 Å². The van der Waals surface area contributed by atoms with E-state index in [1.165, 1.54) is 0 Å². The van der Waals surface area contributed by atoms with E-state index in [0.29, 0.717) is 28.2 Å². The summed E-state index contributed by atoms with van der Waals surface area (Å²) in [7, 11) is 0. The minimum Gasteiger partial charge on any atom is -0.421 e. The second-order valence-corrected chi connectivity index (χ2v) is 6.60. The van der Waals surface area contributed by atoms with E-state index in [0.717, 1.165) is 15.6 Å². The molecule has 2 aromatic carbocycles. The minimum absolute atomic E-state index is 0.431. The molecule has 0 spiro atoms. The highest BCUT2D eigenvalue weighted by Gasteiger charge is 2.06. The molecule has 0 aliphatic heterocycles. The van der Waals surface area contributed by atoms with Gasteiger partial charge in [0.2, 0.25) is 11.8 Å². The van der Waals surface area contributed by atoms with Crippen LogP contribution in [-0.2, 0) is 6.42 Å². The van der Waals surface area contributed by atoms with Crippen molar-refractivity contribution in [3.63, 3.8) is 0 Å². The number of aromatic nitrogens is 2. The number of halogens is 3. The van der Waals surface area contributed by atoms with Crippen molar-refractivity contribution in [2.45, 2.75) is 6.42 Å². The van der Waals surface area contributed by atoms with E-state index in [1.54, 1.807) is 18.2 Å². The Morgan fingerprint density at radius 3 is 2.70 bits per heavy atom. The molecule has 0 saturated carbocycles. The molecular formula is C17H11BrCl2N2O. The van der Waals surface area contributed by atoms with Crippen LogP contribution in [0, 0.1) is 0 Å². The Kier molecular flexibility index (Phi) is 5.16. The Bertz CT molecular complexity index is 861. The highest BCUT2D eigenvalue weighted by molar-refractivity contribution is 9.10. The fourth-order valence-corrected chi connectivity index (χ4v) is 2.94. The van der Waals surface area contributed by atoms with E-state index < -0.39 is 0 Å². The van der Waals surface area contributed by atoms with Gasteiger partial charge in [-0.25, -0.2) is 0 Å². The lowest BCUT2D eigenvalue weighted by molar-refractivity contribution is 0.496. The number of hydrogen-bond acceptors (Lipinski definition) is 3. The molecule has 1 heterocycles. The van der Waals surface area contributed by atoms with Crippen molar-refractivity contribution in [3.8, 4) is 0 Å². The average Bonchev–Trinajstić information content (AvgIpc) is 2.94. The van der Waals surface area contributed by atoms with Gasteiger partial charge in [0.05, 0.1) is 6.42 Å². The van der Waals surface area contributed by atoms with Gasteiger partial charge in [0.15, 0.2) is 0 Å². The summed E-state index contributed by atoms with van der Waals surface area (Å²) in [6.45, 7) is 0. The van der Waals surface area contributed by atoms with Crippen molar-refractivity contribution in [2.75, 3.05) is 0 Å². The van der Waals surface area contributed by atoms with Crippen LogP contribution in [0.15, 0.2) is 51.4 Å². The molecule has 0 saturated heterocycles. The fraction of sp³-hybridized carbons (Fsp3) is 0.0588. The smallest absolute Gasteiger partial charge is 0.240 e. The molecule has 0 aliphatic rings. The van der Waals surface area contributed by atoms with E-state index in [2.05, 4.69) is 26.1 Å². The SMILES string of the molecule is Clc1ccc(/C=C/c2nnc(Cc3cccc(Br)c3)o2)c(Cl)c1. The summed E-state index contributed by atoms with van der Waals surface area (Å²) in [6.07, 6.45) is 4.13. The molecule has 0 fully saturated rings. The third kappa shape index (κ3) is 4.44. The maximum absolute atomic E-state index is 6.12. The van der Waals surface area contributed by atoms with Crippen LogP contribution >= 0.6 is 39.1 Å². The third-order valence-corrected chi connectivity index (χ3v) is 4.15. The molecule has 3 nitrogen and oxygen atoms in total. The van der Waals surface area contributed by atoms with Crippen LogP contribution in [0.1, 0.15) is 22.9 Å². The van der Waals surface area contributed by atoms with E-state index >= 15 is 0 Å². The predicted molar refractivity (Wildman–Crippen MR) is 96.6 cm³/mol. The number of nitrogens with zero attached hydrogens (tertiary/aromatic N) is 2. The Balaban J connectivity index is 1.73. The van der Waals surface area contributed by atoms with Crippen LogP contribution in [0.2, 0.25) is 10.0 Å². The standard InChI is InChI=1S/C17H11BrCl2N2O/c18-13-3-1-2-11(8-13)9-17-22-21-16(23-17)7-5-12-4-6-14(19)10-15(12)20/h1-8,10H,9H2/b7-5+. The monoisotopic (exact) mass is 408 g/mol. The summed E-state index contributed by atoms with van der Waals surface area (Å²) in [5.41, 5.74) is 1.93. The maximum Gasteiger partial charge on any atom is 0.240 e. The van der Waals surface area contributed by atoms with Crippen molar-refractivity contribution >= 4 is 51.3 Å². The lowest BCUT2D eigenvalue weighted by Gasteiger charge is -1.98. The predicted octanol–water partition coefficient (Wildman–Crippen LogP) is 5.90. The van der Waals surface area contributed by atoms with Gasteiger partial charge in [0.1, 0.15) is 0 Å². The lowest BCUT2D eigenvalue weighted by Crippen LogP contribution is -1.87. The van der Waals surface area contributed by atoms with Crippen LogP contribution in [0.25, 0.3) is 12.2 Å². The zero-order valence-corrected chi connectivity index (χ0v) is 14.9. The molecule has 3 aromatic rings. The summed E-state index contributed by atoms with van der Waals surface area (Å²) < 4.78 is 6.64. The third-order valence-electron chi connectivity index (χ3n) is 3.09. The molecule has 0 aliphatic carbocycles. The average molecular weight is 410 g/mol. The topological polar surface area (TPSA) is 38.9 Å². The van der Waals surface area contributed by atoms with Crippen molar-refractivity contribution in [2.24, 2.45) is 0 Å². The summed E-state index contributed by atoms with van der Waals surface area (Å²) in [6, 6.07) is 13.3. The summed E-state index contributed by atoms with van der Waals surface area (Å²) in [4.78, 5) is 0. The van der Waals surface area contributed by atoms with Crippen molar-refractivity contribution < 1.29 is 4.42 Å². The zero-order chi connectivity index (χ0) is 16.2. The Hall–Kier alpha value is -1.62. The Labute approximate surface area is 152 Å². The van der Waals surface area contributed by atoms with Gasteiger partial charge in [0.25, 0.3) is 0 Å². The fourth-order valence-electron chi connectivity index (χ4n) is 2.02.